The van der Waals surface area contributed by atoms with Crippen LogP contribution >= 0.6 is 0 Å². The van der Waals surface area contributed by atoms with Crippen molar-refractivity contribution < 1.29 is 5.11 Å². The number of hydrogen-bond donors (Lipinski definition) is 2. The lowest BCUT2D eigenvalue weighted by atomic mass is 10.1. The van der Waals surface area contributed by atoms with Gasteiger partial charge in [-0.2, -0.15) is 5.26 Å². The van der Waals surface area contributed by atoms with Crippen molar-refractivity contribution in [2.75, 3.05) is 0 Å². The molecule has 1 rings (SSSR count). The Balaban J connectivity index is 2.48. The van der Waals surface area contributed by atoms with Crippen molar-refractivity contribution in [3.05, 3.63) is 35.4 Å². The highest BCUT2D eigenvalue weighted by atomic mass is 16.3. The van der Waals surface area contributed by atoms with Gasteiger partial charge < -0.3 is 10.4 Å². The summed E-state index contributed by atoms with van der Waals surface area (Å²) >= 11 is 0. The Morgan fingerprint density at radius 3 is 2.40 bits per heavy atom. The van der Waals surface area contributed by atoms with Gasteiger partial charge in [-0.25, -0.2) is 0 Å². The van der Waals surface area contributed by atoms with Crippen LogP contribution in [-0.2, 0) is 6.54 Å². The zero-order valence-electron chi connectivity index (χ0n) is 9.07. The van der Waals surface area contributed by atoms with Crippen molar-refractivity contribution in [3.8, 4) is 6.07 Å². The minimum atomic E-state index is -0.358. The molecule has 80 valence electrons. The summed E-state index contributed by atoms with van der Waals surface area (Å²) in [5.41, 5.74) is 1.78. The summed E-state index contributed by atoms with van der Waals surface area (Å²) in [4.78, 5) is 0. The largest absolute Gasteiger partial charge is 0.392 e. The molecule has 2 unspecified atom stereocenters. The molecule has 0 heterocycles. The van der Waals surface area contributed by atoms with Gasteiger partial charge in [-0.1, -0.05) is 12.1 Å². The van der Waals surface area contributed by atoms with Crippen LogP contribution in [0.2, 0.25) is 0 Å². The normalized spacial score (nSPS) is 14.3. The van der Waals surface area contributed by atoms with Gasteiger partial charge in [0.15, 0.2) is 0 Å². The van der Waals surface area contributed by atoms with E-state index in [9.17, 15) is 5.11 Å². The molecule has 1 aromatic carbocycles. The number of hydrogen-bond acceptors (Lipinski definition) is 3. The third-order valence-corrected chi connectivity index (χ3v) is 2.43. The first-order valence-electron chi connectivity index (χ1n) is 5.04. The Morgan fingerprint density at radius 2 is 1.93 bits per heavy atom. The zero-order chi connectivity index (χ0) is 11.3. The molecule has 0 amide bonds. The van der Waals surface area contributed by atoms with Crippen molar-refractivity contribution in [2.45, 2.75) is 32.5 Å². The van der Waals surface area contributed by atoms with E-state index >= 15 is 0 Å². The highest BCUT2D eigenvalue weighted by molar-refractivity contribution is 5.31. The Bertz CT molecular complexity index is 338. The van der Waals surface area contributed by atoms with Gasteiger partial charge in [-0.15, -0.1) is 0 Å². The molecule has 0 bridgehead atoms. The number of nitrogens with zero attached hydrogens (tertiary/aromatic N) is 1. The van der Waals surface area contributed by atoms with Crippen LogP contribution in [0.1, 0.15) is 25.0 Å². The average Bonchev–Trinajstić information content (AvgIpc) is 2.26. The fourth-order valence-electron chi connectivity index (χ4n) is 1.15. The molecule has 0 aliphatic carbocycles. The average molecular weight is 204 g/mol. The molecular weight excluding hydrogens is 188 g/mol. The molecule has 0 saturated carbocycles. The summed E-state index contributed by atoms with van der Waals surface area (Å²) in [7, 11) is 0. The maximum atomic E-state index is 9.28. The van der Waals surface area contributed by atoms with E-state index < -0.39 is 0 Å². The number of rotatable bonds is 4. The zero-order valence-corrected chi connectivity index (χ0v) is 9.07. The lowest BCUT2D eigenvalue weighted by Crippen LogP contribution is -2.34. The predicted octanol–water partition coefficient (Wildman–Crippen LogP) is 1.42. The van der Waals surface area contributed by atoms with E-state index in [0.29, 0.717) is 12.1 Å². The van der Waals surface area contributed by atoms with E-state index in [1.54, 1.807) is 19.1 Å². The van der Waals surface area contributed by atoms with Gasteiger partial charge in [0.2, 0.25) is 0 Å². The molecule has 3 nitrogen and oxygen atoms in total. The quantitative estimate of drug-likeness (QED) is 0.779. The van der Waals surface area contributed by atoms with E-state index in [1.165, 1.54) is 0 Å². The van der Waals surface area contributed by atoms with E-state index in [4.69, 9.17) is 5.26 Å². The van der Waals surface area contributed by atoms with Gasteiger partial charge in [0.1, 0.15) is 0 Å². The number of benzene rings is 1. The molecule has 0 aliphatic heterocycles. The van der Waals surface area contributed by atoms with Gasteiger partial charge in [0.05, 0.1) is 17.7 Å². The fraction of sp³-hybridized carbons (Fsp3) is 0.417. The summed E-state index contributed by atoms with van der Waals surface area (Å²) < 4.78 is 0. The minimum Gasteiger partial charge on any atom is -0.392 e. The number of aliphatic hydroxyl groups excluding tert-OH is 1. The second kappa shape index (κ2) is 5.50. The van der Waals surface area contributed by atoms with Crippen molar-refractivity contribution in [1.82, 2.24) is 5.32 Å². The molecule has 0 saturated heterocycles. The number of nitrogens with one attached hydrogen (secondary N) is 1. The van der Waals surface area contributed by atoms with Crippen LogP contribution in [0.3, 0.4) is 0 Å². The molecule has 0 spiro atoms. The minimum absolute atomic E-state index is 0.0700. The molecule has 0 aliphatic rings. The molecule has 3 heteroatoms. The van der Waals surface area contributed by atoms with Crippen molar-refractivity contribution in [1.29, 1.82) is 5.26 Å². The van der Waals surface area contributed by atoms with Gasteiger partial charge in [-0.3, -0.25) is 0 Å². The van der Waals surface area contributed by atoms with E-state index in [0.717, 1.165) is 5.56 Å². The second-order valence-electron chi connectivity index (χ2n) is 3.72. The van der Waals surface area contributed by atoms with Gasteiger partial charge in [-0.05, 0) is 31.5 Å². The molecule has 0 radical (unpaired) electrons. The summed E-state index contributed by atoms with van der Waals surface area (Å²) in [5.74, 6) is 0. The van der Waals surface area contributed by atoms with E-state index in [2.05, 4.69) is 11.4 Å². The second-order valence-corrected chi connectivity index (χ2v) is 3.72. The highest BCUT2D eigenvalue weighted by Gasteiger charge is 2.06. The topological polar surface area (TPSA) is 56.0 Å². The van der Waals surface area contributed by atoms with Crippen molar-refractivity contribution in [3.63, 3.8) is 0 Å². The van der Waals surface area contributed by atoms with Gasteiger partial charge in [0, 0.05) is 12.6 Å². The third kappa shape index (κ3) is 3.70. The summed E-state index contributed by atoms with van der Waals surface area (Å²) in [6.07, 6.45) is -0.358. The molecule has 2 atom stereocenters. The lowest BCUT2D eigenvalue weighted by molar-refractivity contribution is 0.152. The van der Waals surface area contributed by atoms with Gasteiger partial charge >= 0.3 is 0 Å². The van der Waals surface area contributed by atoms with E-state index in [-0.39, 0.29) is 12.1 Å². The first-order chi connectivity index (χ1) is 7.13. The Morgan fingerprint density at radius 1 is 1.33 bits per heavy atom. The maximum Gasteiger partial charge on any atom is 0.0991 e. The first kappa shape index (κ1) is 11.7. The van der Waals surface area contributed by atoms with Crippen LogP contribution in [-0.4, -0.2) is 17.3 Å². The monoisotopic (exact) mass is 204 g/mol. The molecular formula is C12H16N2O. The Hall–Kier alpha value is -1.37. The molecule has 1 aromatic rings. The van der Waals surface area contributed by atoms with Crippen molar-refractivity contribution in [2.24, 2.45) is 0 Å². The summed E-state index contributed by atoms with van der Waals surface area (Å²) in [6, 6.07) is 9.57. The smallest absolute Gasteiger partial charge is 0.0991 e. The lowest BCUT2D eigenvalue weighted by Gasteiger charge is -2.16. The number of nitriles is 1. The van der Waals surface area contributed by atoms with Crippen LogP contribution < -0.4 is 5.32 Å². The molecule has 0 fully saturated rings. The van der Waals surface area contributed by atoms with E-state index in [1.807, 2.05) is 19.1 Å². The van der Waals surface area contributed by atoms with Crippen molar-refractivity contribution >= 4 is 0 Å². The van der Waals surface area contributed by atoms with Gasteiger partial charge in [0.25, 0.3) is 0 Å². The number of aliphatic hydroxyl groups is 1. The third-order valence-electron chi connectivity index (χ3n) is 2.43. The van der Waals surface area contributed by atoms with Crippen LogP contribution in [0.5, 0.6) is 0 Å². The summed E-state index contributed by atoms with van der Waals surface area (Å²) in [6.45, 7) is 4.41. The predicted molar refractivity (Wildman–Crippen MR) is 59.1 cm³/mol. The molecule has 15 heavy (non-hydrogen) atoms. The summed E-state index contributed by atoms with van der Waals surface area (Å²) in [5, 5.41) is 21.1. The molecule has 2 N–H and O–H groups in total. The SMILES string of the molecule is CC(O)C(C)NCc1ccc(C#N)cc1. The Kier molecular flexibility index (Phi) is 4.29. The highest BCUT2D eigenvalue weighted by Crippen LogP contribution is 2.03. The Labute approximate surface area is 90.4 Å². The maximum absolute atomic E-state index is 9.28. The first-order valence-corrected chi connectivity index (χ1v) is 5.04. The molecule has 0 aromatic heterocycles. The van der Waals surface area contributed by atoms with Crippen LogP contribution in [0, 0.1) is 11.3 Å². The standard InChI is InChI=1S/C12H16N2O/c1-9(10(2)15)14-8-12-5-3-11(7-13)4-6-12/h3-6,9-10,14-15H,8H2,1-2H3. The van der Waals surface area contributed by atoms with Crippen LogP contribution in [0.25, 0.3) is 0 Å². The fourth-order valence-corrected chi connectivity index (χ4v) is 1.15. The van der Waals surface area contributed by atoms with Crippen LogP contribution in [0.4, 0.5) is 0 Å². The van der Waals surface area contributed by atoms with Crippen LogP contribution in [0.15, 0.2) is 24.3 Å².